The van der Waals surface area contributed by atoms with Gasteiger partial charge in [0.1, 0.15) is 97.3 Å². The van der Waals surface area contributed by atoms with Gasteiger partial charge in [-0.3, -0.25) is 5.32 Å². The van der Waals surface area contributed by atoms with Crippen molar-refractivity contribution in [3.05, 3.63) is 0 Å². The van der Waals surface area contributed by atoms with Crippen molar-refractivity contribution in [3.63, 3.8) is 0 Å². The summed E-state index contributed by atoms with van der Waals surface area (Å²) in [5, 5.41) is 133. The molecule has 0 radical (unpaired) electrons. The fraction of sp³-hybridized carbons (Fsp3) is 1.00. The maximum atomic E-state index is 11.8. The van der Waals surface area contributed by atoms with Crippen LogP contribution in [0, 0.1) is 52.3 Å². The number of piperidine rings is 1. The second kappa shape index (κ2) is 21.1. The number of aliphatic hydroxyl groups is 12. The van der Waals surface area contributed by atoms with Crippen LogP contribution in [0.4, 0.5) is 0 Å². The Kier molecular flexibility index (Phi) is 15.9. The van der Waals surface area contributed by atoms with Gasteiger partial charge < -0.3 is 104 Å². The van der Waals surface area contributed by atoms with Crippen LogP contribution in [-0.4, -0.2) is 229 Å². The van der Waals surface area contributed by atoms with Gasteiger partial charge in [-0.05, 0) is 111 Å². The predicted octanol–water partition coefficient (Wildman–Crippen LogP) is -2.70. The van der Waals surface area contributed by atoms with E-state index in [0.29, 0.717) is 47.8 Å². The molecule has 10 fully saturated rings. The van der Waals surface area contributed by atoms with Gasteiger partial charge in [-0.2, -0.15) is 0 Å². The third kappa shape index (κ3) is 9.26. The van der Waals surface area contributed by atoms with Crippen LogP contribution in [-0.2, 0) is 42.6 Å². The quantitative estimate of drug-likeness (QED) is 0.0937. The number of hydrogen-bond donors (Lipinski definition) is 13. The van der Waals surface area contributed by atoms with Gasteiger partial charge in [-0.25, -0.2) is 0 Å². The van der Waals surface area contributed by atoms with Crippen molar-refractivity contribution < 1.29 is 104 Å². The molecule has 4 aliphatic carbocycles. The van der Waals surface area contributed by atoms with E-state index >= 15 is 0 Å². The number of nitrogens with one attached hydrogen (secondary N) is 1. The van der Waals surface area contributed by atoms with Crippen LogP contribution in [0.15, 0.2) is 0 Å². The Bertz CT molecular complexity index is 1830. The van der Waals surface area contributed by atoms with Gasteiger partial charge in [-0.15, -0.1) is 0 Å². The number of rotatable bonds is 11. The number of ether oxygens (including phenoxy) is 9. The van der Waals surface area contributed by atoms with Crippen molar-refractivity contribution in [2.24, 2.45) is 52.3 Å². The molecule has 1 spiro atoms. The highest BCUT2D eigenvalue weighted by atomic mass is 16.8. The molecule has 22 nitrogen and oxygen atoms in total. The molecular weight excluding hydrogens is 951 g/mol. The van der Waals surface area contributed by atoms with E-state index in [-0.39, 0.29) is 28.8 Å². The SMILES string of the molecule is CC1CC[C@]2(NC1)O[C@H]1C[C@H]3[C@@H]4CC[C@H]5C[C@@H](O[C@@H]6OC(CO)[C@H](O[C@@H]7OC(CO)[C@@H](O)C(O[C@@H]8OC[C@@H](O)C(O)C8O)C7O[C@@H]7OC(CO)[C@@H](O)C(O)C7O)C(O)C6O)CC[C@]5(C)[C@H]4CC[C@]3(C)C1[C@@H]2C. The first-order valence-corrected chi connectivity index (χ1v) is 26.8. The molecule has 0 aromatic carbocycles. The summed E-state index contributed by atoms with van der Waals surface area (Å²) >= 11 is 0. The highest BCUT2D eigenvalue weighted by molar-refractivity contribution is 5.16. The lowest BCUT2D eigenvalue weighted by atomic mass is 9.44. The zero-order valence-electron chi connectivity index (χ0n) is 41.8. The smallest absolute Gasteiger partial charge is 0.187 e. The third-order valence-electron chi connectivity index (χ3n) is 20.2. The normalized spacial score (nSPS) is 57.8. The molecule has 13 N–H and O–H groups in total. The Morgan fingerprint density at radius 3 is 1.88 bits per heavy atom. The van der Waals surface area contributed by atoms with Crippen LogP contribution in [0.2, 0.25) is 0 Å². The average Bonchev–Trinajstić information content (AvgIpc) is 3.82. The van der Waals surface area contributed by atoms with Gasteiger partial charge in [0.05, 0.1) is 38.6 Å². The monoisotopic (exact) mass is 1030 g/mol. The second-order valence-electron chi connectivity index (χ2n) is 24.0. The van der Waals surface area contributed by atoms with Crippen molar-refractivity contribution in [1.82, 2.24) is 5.32 Å². The first-order chi connectivity index (χ1) is 34.3. The van der Waals surface area contributed by atoms with Crippen molar-refractivity contribution >= 4 is 0 Å². The standard InChI is InChI=1S/C50H83NO21/c1-20-7-12-50(51-15-20)21(2)32-28(72-50)14-26-24-6-5-22-13-23(8-10-48(22,3)25(24)9-11-49(26,32)4)65-45-40(63)37(60)41(31(18-54)68-45)69-47-43(71-46-39(62)36(59)34(57)29(16-52)66-46)42(35(58)30(17-53)67-47)70-44-38(61)33(56)27(55)19-64-44/h20-47,51-63H,5-19H2,1-4H3/t20?,21-,22-,23-,24+,25-,26-,27+,28-,29?,30?,31?,32?,33?,34+,35+,36?,37?,38?,39?,40?,41-,42?,43?,44-,45+,46-,47-,48-,49-,50-/m0/s1. The molecule has 6 aliphatic heterocycles. The number of hydrogen-bond acceptors (Lipinski definition) is 22. The van der Waals surface area contributed by atoms with Gasteiger partial charge in [0.25, 0.3) is 0 Å². The van der Waals surface area contributed by atoms with Crippen molar-refractivity contribution in [2.45, 2.75) is 227 Å². The Morgan fingerprint density at radius 1 is 0.542 bits per heavy atom. The van der Waals surface area contributed by atoms with Gasteiger partial charge in [0.2, 0.25) is 0 Å². The van der Waals surface area contributed by atoms with Crippen LogP contribution < -0.4 is 5.32 Å². The van der Waals surface area contributed by atoms with E-state index in [9.17, 15) is 61.3 Å². The molecule has 0 aromatic heterocycles. The molecular formula is C50H83NO21. The topological polar surface area (TPSA) is 338 Å². The average molecular weight is 1030 g/mol. The van der Waals surface area contributed by atoms with Crippen LogP contribution in [0.25, 0.3) is 0 Å². The summed E-state index contributed by atoms with van der Waals surface area (Å²) in [6, 6.07) is 0. The van der Waals surface area contributed by atoms with Gasteiger partial charge >= 0.3 is 0 Å². The van der Waals surface area contributed by atoms with E-state index in [1.54, 1.807) is 0 Å². The molecule has 13 unspecified atom stereocenters. The first-order valence-electron chi connectivity index (χ1n) is 26.8. The van der Waals surface area contributed by atoms with Crippen LogP contribution in [0.3, 0.4) is 0 Å². The van der Waals surface area contributed by atoms with Gasteiger partial charge in [0, 0.05) is 12.5 Å². The zero-order valence-corrected chi connectivity index (χ0v) is 41.8. The maximum Gasteiger partial charge on any atom is 0.187 e. The Labute approximate surface area is 420 Å². The molecule has 0 amide bonds. The summed E-state index contributed by atoms with van der Waals surface area (Å²) in [6.45, 7) is 7.84. The summed E-state index contributed by atoms with van der Waals surface area (Å²) < 4.78 is 55.0. The van der Waals surface area contributed by atoms with Crippen LogP contribution in [0.5, 0.6) is 0 Å². The molecule has 22 heteroatoms. The van der Waals surface area contributed by atoms with E-state index in [2.05, 4.69) is 33.0 Å². The van der Waals surface area contributed by atoms with Crippen molar-refractivity contribution in [2.75, 3.05) is 33.0 Å². The summed E-state index contributed by atoms with van der Waals surface area (Å²) in [4.78, 5) is 0. The number of fused-ring (bicyclic) bond motifs is 7. The van der Waals surface area contributed by atoms with E-state index in [4.69, 9.17) is 42.6 Å². The lowest BCUT2D eigenvalue weighted by Crippen LogP contribution is -2.68. The van der Waals surface area contributed by atoms with E-state index in [0.717, 1.165) is 45.1 Å². The minimum absolute atomic E-state index is 0.104. The summed E-state index contributed by atoms with van der Waals surface area (Å²) in [6.07, 6.45) is -22.4. The summed E-state index contributed by atoms with van der Waals surface area (Å²) in [7, 11) is 0. The highest BCUT2D eigenvalue weighted by Gasteiger charge is 2.69. The fourth-order valence-corrected chi connectivity index (χ4v) is 16.1. The molecule has 10 aliphatic rings. The molecule has 414 valence electrons. The van der Waals surface area contributed by atoms with Crippen molar-refractivity contribution in [1.29, 1.82) is 0 Å². The Hall–Kier alpha value is -0.880. The predicted molar refractivity (Wildman–Crippen MR) is 244 cm³/mol. The minimum Gasteiger partial charge on any atom is -0.394 e. The molecule has 6 saturated heterocycles. The molecule has 6 heterocycles. The first kappa shape index (κ1) is 54.5. The molecule has 4 saturated carbocycles. The largest absolute Gasteiger partial charge is 0.394 e. The third-order valence-corrected chi connectivity index (χ3v) is 20.2. The Balaban J connectivity index is 0.812. The van der Waals surface area contributed by atoms with E-state index in [1.807, 2.05) is 0 Å². The molecule has 0 bridgehead atoms. The Morgan fingerprint density at radius 2 is 1.17 bits per heavy atom. The summed E-state index contributed by atoms with van der Waals surface area (Å²) in [5.41, 5.74) is 0.147. The summed E-state index contributed by atoms with van der Waals surface area (Å²) in [5.74, 6) is 3.87. The molecule has 72 heavy (non-hydrogen) atoms. The number of aliphatic hydroxyl groups excluding tert-OH is 12. The van der Waals surface area contributed by atoms with Crippen LogP contribution in [0.1, 0.15) is 91.9 Å². The second-order valence-corrected chi connectivity index (χ2v) is 24.0. The molecule has 31 atom stereocenters. The molecule has 0 aromatic rings. The highest BCUT2D eigenvalue weighted by Crippen LogP contribution is 2.71. The van der Waals surface area contributed by atoms with Gasteiger partial charge in [0.15, 0.2) is 25.2 Å². The van der Waals surface area contributed by atoms with Crippen molar-refractivity contribution in [3.8, 4) is 0 Å². The maximum absolute atomic E-state index is 11.8. The lowest BCUT2D eigenvalue weighted by molar-refractivity contribution is -0.404. The van der Waals surface area contributed by atoms with Gasteiger partial charge in [-0.1, -0.05) is 27.7 Å². The van der Waals surface area contributed by atoms with E-state index < -0.39 is 143 Å². The molecule has 10 rings (SSSR count). The zero-order chi connectivity index (χ0) is 51.3. The van der Waals surface area contributed by atoms with Crippen LogP contribution >= 0.6 is 0 Å². The van der Waals surface area contributed by atoms with E-state index in [1.165, 1.54) is 19.3 Å². The fourth-order valence-electron chi connectivity index (χ4n) is 16.1. The minimum atomic E-state index is -1.99. The lowest BCUT2D eigenvalue weighted by Gasteiger charge is -2.61.